The maximum atomic E-state index is 11.8. The van der Waals surface area contributed by atoms with Crippen molar-refractivity contribution < 1.29 is 18.7 Å². The molecule has 0 amide bonds. The Morgan fingerprint density at radius 2 is 2.18 bits per heavy atom. The Morgan fingerprint density at radius 1 is 1.41 bits per heavy atom. The molecule has 0 aliphatic heterocycles. The summed E-state index contributed by atoms with van der Waals surface area (Å²) in [5.74, 6) is -0.490. The Morgan fingerprint density at radius 3 is 2.91 bits per heavy atom. The molecule has 22 heavy (non-hydrogen) atoms. The highest BCUT2D eigenvalue weighted by atomic mass is 16.6. The van der Waals surface area contributed by atoms with E-state index in [-0.39, 0.29) is 13.2 Å². The summed E-state index contributed by atoms with van der Waals surface area (Å²) in [5, 5.41) is 0.748. The first-order valence-electron chi connectivity index (χ1n) is 6.94. The van der Waals surface area contributed by atoms with Gasteiger partial charge >= 0.3 is 11.6 Å². The summed E-state index contributed by atoms with van der Waals surface area (Å²) in [4.78, 5) is 23.4. The van der Waals surface area contributed by atoms with Gasteiger partial charge < -0.3 is 13.9 Å². The molecule has 5 heteroatoms. The van der Waals surface area contributed by atoms with Crippen molar-refractivity contribution >= 4 is 16.9 Å². The van der Waals surface area contributed by atoms with Crippen molar-refractivity contribution in [3.8, 4) is 0 Å². The second-order valence-electron chi connectivity index (χ2n) is 4.96. The Balaban J connectivity index is 2.16. The van der Waals surface area contributed by atoms with Gasteiger partial charge in [0.15, 0.2) is 6.10 Å². The molecular formula is C17H18O5. The highest BCUT2D eigenvalue weighted by Gasteiger charge is 2.15. The molecule has 2 aromatic rings. The van der Waals surface area contributed by atoms with E-state index in [4.69, 9.17) is 13.9 Å². The van der Waals surface area contributed by atoms with E-state index in [1.54, 1.807) is 19.1 Å². The van der Waals surface area contributed by atoms with Crippen LogP contribution < -0.4 is 5.63 Å². The summed E-state index contributed by atoms with van der Waals surface area (Å²) in [5.41, 5.74) is 1.60. The number of rotatable bonds is 6. The van der Waals surface area contributed by atoms with E-state index in [0.29, 0.717) is 11.1 Å². The number of carbonyl (C=O) groups excluding carboxylic acids is 1. The van der Waals surface area contributed by atoms with Crippen molar-refractivity contribution in [1.82, 2.24) is 0 Å². The third kappa shape index (κ3) is 3.83. The van der Waals surface area contributed by atoms with Crippen LogP contribution in [0.3, 0.4) is 0 Å². The minimum Gasteiger partial charge on any atom is -0.459 e. The van der Waals surface area contributed by atoms with Crippen molar-refractivity contribution in [2.45, 2.75) is 26.6 Å². The summed E-state index contributed by atoms with van der Waals surface area (Å²) >= 11 is 0. The van der Waals surface area contributed by atoms with Crippen LogP contribution in [-0.2, 0) is 20.9 Å². The van der Waals surface area contributed by atoms with Crippen molar-refractivity contribution in [2.24, 2.45) is 0 Å². The topological polar surface area (TPSA) is 65.7 Å². The van der Waals surface area contributed by atoms with Crippen LogP contribution in [0.25, 0.3) is 11.0 Å². The van der Waals surface area contributed by atoms with Crippen LogP contribution in [0.15, 0.2) is 46.1 Å². The van der Waals surface area contributed by atoms with Gasteiger partial charge in [0, 0.05) is 17.0 Å². The fourth-order valence-electron chi connectivity index (χ4n) is 2.00. The Kier molecular flexibility index (Phi) is 5.12. The molecule has 0 spiro atoms. The number of hydrogen-bond donors (Lipinski definition) is 0. The van der Waals surface area contributed by atoms with Gasteiger partial charge in [-0.1, -0.05) is 18.2 Å². The van der Waals surface area contributed by atoms with Gasteiger partial charge in [-0.3, -0.25) is 0 Å². The summed E-state index contributed by atoms with van der Waals surface area (Å²) in [6, 6.07) is 6.86. The number of benzene rings is 1. The second-order valence-corrected chi connectivity index (χ2v) is 4.96. The smallest absolute Gasteiger partial charge is 0.336 e. The van der Waals surface area contributed by atoms with Crippen LogP contribution in [0.5, 0.6) is 0 Å². The molecular weight excluding hydrogens is 284 g/mol. The van der Waals surface area contributed by atoms with E-state index < -0.39 is 17.7 Å². The zero-order chi connectivity index (χ0) is 16.1. The Bertz CT molecular complexity index is 744. The van der Waals surface area contributed by atoms with Gasteiger partial charge in [-0.2, -0.15) is 0 Å². The molecule has 5 nitrogen and oxygen atoms in total. The lowest BCUT2D eigenvalue weighted by Crippen LogP contribution is -2.23. The normalized spacial score (nSPS) is 12.1. The molecule has 0 fully saturated rings. The molecule has 0 radical (unpaired) electrons. The van der Waals surface area contributed by atoms with Gasteiger partial charge in [0.05, 0.1) is 6.61 Å². The van der Waals surface area contributed by atoms with Gasteiger partial charge in [0.1, 0.15) is 12.2 Å². The number of fused-ring (bicyclic) bond motifs is 1. The molecule has 0 bridgehead atoms. The molecule has 0 N–H and O–H groups in total. The summed E-state index contributed by atoms with van der Waals surface area (Å²) in [7, 11) is 0. The quantitative estimate of drug-likeness (QED) is 0.466. The minimum atomic E-state index is -0.688. The first-order valence-corrected chi connectivity index (χ1v) is 6.94. The van der Waals surface area contributed by atoms with Gasteiger partial charge in [-0.05, 0) is 25.5 Å². The van der Waals surface area contributed by atoms with E-state index in [2.05, 4.69) is 6.58 Å². The van der Waals surface area contributed by atoms with Crippen molar-refractivity contribution in [3.05, 3.63) is 58.5 Å². The SMILES string of the molecule is C=CCOC(C)C(=O)OCc1cc(=O)oc2cc(C)ccc12. The first-order chi connectivity index (χ1) is 10.5. The molecule has 116 valence electrons. The van der Waals surface area contributed by atoms with Crippen molar-refractivity contribution in [3.63, 3.8) is 0 Å². The van der Waals surface area contributed by atoms with E-state index in [1.807, 2.05) is 19.1 Å². The third-order valence-electron chi connectivity index (χ3n) is 3.15. The number of aryl methyl sites for hydroxylation is 1. The fraction of sp³-hybridized carbons (Fsp3) is 0.294. The van der Waals surface area contributed by atoms with Crippen LogP contribution >= 0.6 is 0 Å². The molecule has 1 heterocycles. The molecule has 1 aromatic heterocycles. The van der Waals surface area contributed by atoms with E-state index >= 15 is 0 Å². The van der Waals surface area contributed by atoms with E-state index in [9.17, 15) is 9.59 Å². The molecule has 1 unspecified atom stereocenters. The summed E-state index contributed by atoms with van der Waals surface area (Å²) in [6.07, 6.45) is 0.869. The van der Waals surface area contributed by atoms with Crippen LogP contribution in [0.4, 0.5) is 0 Å². The van der Waals surface area contributed by atoms with Gasteiger partial charge in [-0.15, -0.1) is 6.58 Å². The van der Waals surface area contributed by atoms with Gasteiger partial charge in [-0.25, -0.2) is 9.59 Å². The number of esters is 1. The molecule has 1 atom stereocenters. The van der Waals surface area contributed by atoms with Crippen molar-refractivity contribution in [2.75, 3.05) is 6.61 Å². The highest BCUT2D eigenvalue weighted by molar-refractivity contribution is 5.81. The standard InChI is InChI=1S/C17H18O5/c1-4-7-20-12(3)17(19)21-10-13-9-16(18)22-15-8-11(2)5-6-14(13)15/h4-6,8-9,12H,1,7,10H2,2-3H3. The molecule has 0 aliphatic rings. The first kappa shape index (κ1) is 16.0. The van der Waals surface area contributed by atoms with Gasteiger partial charge in [0.2, 0.25) is 0 Å². The van der Waals surface area contributed by atoms with Gasteiger partial charge in [0.25, 0.3) is 0 Å². The summed E-state index contributed by atoms with van der Waals surface area (Å²) < 4.78 is 15.6. The lowest BCUT2D eigenvalue weighted by Gasteiger charge is -2.12. The Hall–Kier alpha value is -2.40. The van der Waals surface area contributed by atoms with Crippen LogP contribution in [0, 0.1) is 6.92 Å². The zero-order valence-corrected chi connectivity index (χ0v) is 12.6. The number of ether oxygens (including phenoxy) is 2. The largest absolute Gasteiger partial charge is 0.459 e. The summed E-state index contributed by atoms with van der Waals surface area (Å²) in [6.45, 7) is 7.29. The monoisotopic (exact) mass is 302 g/mol. The lowest BCUT2D eigenvalue weighted by molar-refractivity contribution is -0.156. The predicted octanol–water partition coefficient (Wildman–Crippen LogP) is 2.74. The van der Waals surface area contributed by atoms with Crippen LogP contribution in [0.2, 0.25) is 0 Å². The average Bonchev–Trinajstić information content (AvgIpc) is 2.49. The average molecular weight is 302 g/mol. The fourth-order valence-corrected chi connectivity index (χ4v) is 2.00. The van der Waals surface area contributed by atoms with Crippen LogP contribution in [0.1, 0.15) is 18.1 Å². The highest BCUT2D eigenvalue weighted by Crippen LogP contribution is 2.19. The third-order valence-corrected chi connectivity index (χ3v) is 3.15. The molecule has 0 saturated heterocycles. The minimum absolute atomic E-state index is 0.00815. The van der Waals surface area contributed by atoms with Crippen LogP contribution in [-0.4, -0.2) is 18.7 Å². The lowest BCUT2D eigenvalue weighted by atomic mass is 10.1. The van der Waals surface area contributed by atoms with E-state index in [0.717, 1.165) is 10.9 Å². The maximum absolute atomic E-state index is 11.8. The molecule has 0 aliphatic carbocycles. The number of hydrogen-bond acceptors (Lipinski definition) is 5. The second kappa shape index (κ2) is 7.04. The van der Waals surface area contributed by atoms with Crippen molar-refractivity contribution in [1.29, 1.82) is 0 Å². The molecule has 1 aromatic carbocycles. The predicted molar refractivity (Wildman–Crippen MR) is 82.6 cm³/mol. The Labute approximate surface area is 128 Å². The molecule has 2 rings (SSSR count). The maximum Gasteiger partial charge on any atom is 0.336 e. The zero-order valence-electron chi connectivity index (χ0n) is 12.6. The molecule has 0 saturated carbocycles. The number of carbonyl (C=O) groups is 1. The van der Waals surface area contributed by atoms with E-state index in [1.165, 1.54) is 6.07 Å².